The smallest absolute Gasteiger partial charge is 0.223 e. The van der Waals surface area contributed by atoms with Crippen LogP contribution in [0.2, 0.25) is 0 Å². The standard InChI is InChI=1S/C13H23N5O/c1-2-15-11-9-12(17-13(14)16-11)18-7-4-3-5-10(18)6-8-19/h9-10,19H,2-8H2,1H3,(H3,14,15,16,17). The molecule has 1 aliphatic rings. The van der Waals surface area contributed by atoms with Gasteiger partial charge in [0.25, 0.3) is 0 Å². The molecule has 1 unspecified atom stereocenters. The highest BCUT2D eigenvalue weighted by atomic mass is 16.3. The Bertz CT molecular complexity index is 410. The molecule has 6 nitrogen and oxygen atoms in total. The van der Waals surface area contributed by atoms with E-state index in [9.17, 15) is 5.11 Å². The average Bonchev–Trinajstić information content (AvgIpc) is 2.39. The molecule has 4 N–H and O–H groups in total. The number of nitrogens with one attached hydrogen (secondary N) is 1. The van der Waals surface area contributed by atoms with Gasteiger partial charge in [-0.05, 0) is 32.6 Å². The number of nitrogen functional groups attached to an aromatic ring is 1. The highest BCUT2D eigenvalue weighted by molar-refractivity contribution is 5.53. The number of aliphatic hydroxyl groups excluding tert-OH is 1. The second-order valence-corrected chi connectivity index (χ2v) is 4.86. The van der Waals surface area contributed by atoms with Gasteiger partial charge < -0.3 is 21.1 Å². The molecule has 106 valence electrons. The van der Waals surface area contributed by atoms with Crippen LogP contribution in [-0.2, 0) is 0 Å². The Morgan fingerprint density at radius 3 is 3.05 bits per heavy atom. The number of aromatic nitrogens is 2. The van der Waals surface area contributed by atoms with Crippen LogP contribution in [0.4, 0.5) is 17.6 Å². The van der Waals surface area contributed by atoms with Gasteiger partial charge in [-0.25, -0.2) is 0 Å². The summed E-state index contributed by atoms with van der Waals surface area (Å²) < 4.78 is 0. The Morgan fingerprint density at radius 2 is 2.32 bits per heavy atom. The topological polar surface area (TPSA) is 87.3 Å². The van der Waals surface area contributed by atoms with Gasteiger partial charge in [0.1, 0.15) is 11.6 Å². The van der Waals surface area contributed by atoms with Crippen LogP contribution in [0, 0.1) is 0 Å². The third-order valence-electron chi connectivity index (χ3n) is 3.47. The van der Waals surface area contributed by atoms with Gasteiger partial charge in [-0.2, -0.15) is 9.97 Å². The molecule has 1 fully saturated rings. The Balaban J connectivity index is 2.22. The Kier molecular flexibility index (Phi) is 4.79. The van der Waals surface area contributed by atoms with Gasteiger partial charge in [0, 0.05) is 31.8 Å². The van der Waals surface area contributed by atoms with Gasteiger partial charge in [-0.1, -0.05) is 0 Å². The van der Waals surface area contributed by atoms with Crippen molar-refractivity contribution in [3.05, 3.63) is 6.07 Å². The predicted octanol–water partition coefficient (Wildman–Crippen LogP) is 1.23. The number of aliphatic hydroxyl groups is 1. The molecule has 2 rings (SSSR count). The zero-order chi connectivity index (χ0) is 13.7. The largest absolute Gasteiger partial charge is 0.396 e. The first kappa shape index (κ1) is 13.9. The van der Waals surface area contributed by atoms with Gasteiger partial charge in [-0.3, -0.25) is 0 Å². The summed E-state index contributed by atoms with van der Waals surface area (Å²) in [5, 5.41) is 12.3. The van der Waals surface area contributed by atoms with E-state index in [1.807, 2.05) is 13.0 Å². The van der Waals surface area contributed by atoms with E-state index in [0.29, 0.717) is 12.0 Å². The minimum Gasteiger partial charge on any atom is -0.396 e. The SMILES string of the molecule is CCNc1cc(N2CCCCC2CCO)nc(N)n1. The maximum Gasteiger partial charge on any atom is 0.223 e. The van der Waals surface area contributed by atoms with Crippen molar-refractivity contribution >= 4 is 17.6 Å². The lowest BCUT2D eigenvalue weighted by Crippen LogP contribution is -2.40. The van der Waals surface area contributed by atoms with E-state index in [1.54, 1.807) is 0 Å². The molecular weight excluding hydrogens is 242 g/mol. The maximum absolute atomic E-state index is 9.18. The molecule has 0 aromatic carbocycles. The Morgan fingerprint density at radius 1 is 1.47 bits per heavy atom. The highest BCUT2D eigenvalue weighted by Gasteiger charge is 2.23. The van der Waals surface area contributed by atoms with Crippen LogP contribution in [0.3, 0.4) is 0 Å². The molecule has 2 heterocycles. The van der Waals surface area contributed by atoms with E-state index >= 15 is 0 Å². The number of rotatable bonds is 5. The molecule has 6 heteroatoms. The molecule has 1 aromatic rings. The average molecular weight is 265 g/mol. The fourth-order valence-electron chi connectivity index (χ4n) is 2.62. The fraction of sp³-hybridized carbons (Fsp3) is 0.692. The van der Waals surface area contributed by atoms with E-state index in [-0.39, 0.29) is 6.61 Å². The first-order valence-electron chi connectivity index (χ1n) is 7.00. The Hall–Kier alpha value is -1.56. The summed E-state index contributed by atoms with van der Waals surface area (Å²) in [5.41, 5.74) is 5.78. The minimum atomic E-state index is 0.210. The van der Waals surface area contributed by atoms with E-state index in [0.717, 1.165) is 44.0 Å². The lowest BCUT2D eigenvalue weighted by Gasteiger charge is -2.36. The molecule has 1 aromatic heterocycles. The van der Waals surface area contributed by atoms with Gasteiger partial charge in [0.15, 0.2) is 0 Å². The molecule has 0 radical (unpaired) electrons. The molecular formula is C13H23N5O. The second kappa shape index (κ2) is 6.56. The highest BCUT2D eigenvalue weighted by Crippen LogP contribution is 2.26. The van der Waals surface area contributed by atoms with E-state index in [4.69, 9.17) is 5.73 Å². The number of anilines is 3. The van der Waals surface area contributed by atoms with Gasteiger partial charge >= 0.3 is 0 Å². The van der Waals surface area contributed by atoms with Crippen LogP contribution in [0.25, 0.3) is 0 Å². The van der Waals surface area contributed by atoms with Crippen molar-refractivity contribution in [3.63, 3.8) is 0 Å². The first-order valence-corrected chi connectivity index (χ1v) is 7.00. The van der Waals surface area contributed by atoms with Crippen LogP contribution in [0.5, 0.6) is 0 Å². The molecule has 0 saturated carbocycles. The number of hydrogen-bond acceptors (Lipinski definition) is 6. The molecule has 1 aliphatic heterocycles. The van der Waals surface area contributed by atoms with Crippen molar-refractivity contribution in [3.8, 4) is 0 Å². The molecule has 0 amide bonds. The zero-order valence-corrected chi connectivity index (χ0v) is 11.5. The van der Waals surface area contributed by atoms with Crippen LogP contribution in [-0.4, -0.2) is 40.8 Å². The van der Waals surface area contributed by atoms with Crippen molar-refractivity contribution in [1.82, 2.24) is 9.97 Å². The lowest BCUT2D eigenvalue weighted by atomic mass is 10.00. The zero-order valence-electron chi connectivity index (χ0n) is 11.5. The number of piperidine rings is 1. The van der Waals surface area contributed by atoms with Gasteiger partial charge in [0.05, 0.1) is 0 Å². The normalized spacial score (nSPS) is 19.5. The number of nitrogens with two attached hydrogens (primary N) is 1. The van der Waals surface area contributed by atoms with Gasteiger partial charge in [0.2, 0.25) is 5.95 Å². The lowest BCUT2D eigenvalue weighted by molar-refractivity contribution is 0.262. The molecule has 1 saturated heterocycles. The molecule has 0 aliphatic carbocycles. The summed E-state index contributed by atoms with van der Waals surface area (Å²) in [7, 11) is 0. The summed E-state index contributed by atoms with van der Waals surface area (Å²) in [6.45, 7) is 4.00. The molecule has 19 heavy (non-hydrogen) atoms. The van der Waals surface area contributed by atoms with Crippen LogP contribution in [0.1, 0.15) is 32.6 Å². The van der Waals surface area contributed by atoms with E-state index in [1.165, 1.54) is 6.42 Å². The molecule has 1 atom stereocenters. The Labute approximate surface area is 114 Å². The van der Waals surface area contributed by atoms with Crippen LogP contribution < -0.4 is 16.0 Å². The van der Waals surface area contributed by atoms with E-state index in [2.05, 4.69) is 20.2 Å². The fourth-order valence-corrected chi connectivity index (χ4v) is 2.62. The van der Waals surface area contributed by atoms with Crippen molar-refractivity contribution in [2.75, 3.05) is 35.6 Å². The summed E-state index contributed by atoms with van der Waals surface area (Å²) >= 11 is 0. The first-order chi connectivity index (χ1) is 9.24. The quantitative estimate of drug-likeness (QED) is 0.742. The van der Waals surface area contributed by atoms with Crippen molar-refractivity contribution in [1.29, 1.82) is 0 Å². The summed E-state index contributed by atoms with van der Waals surface area (Å²) in [6, 6.07) is 2.29. The van der Waals surface area contributed by atoms with Crippen LogP contribution >= 0.6 is 0 Å². The maximum atomic E-state index is 9.18. The minimum absolute atomic E-state index is 0.210. The summed E-state index contributed by atoms with van der Waals surface area (Å²) in [6.07, 6.45) is 4.24. The summed E-state index contributed by atoms with van der Waals surface area (Å²) in [4.78, 5) is 10.8. The summed E-state index contributed by atoms with van der Waals surface area (Å²) in [5.74, 6) is 1.92. The second-order valence-electron chi connectivity index (χ2n) is 4.86. The van der Waals surface area contributed by atoms with Crippen molar-refractivity contribution in [2.24, 2.45) is 0 Å². The molecule has 0 spiro atoms. The third kappa shape index (κ3) is 3.47. The predicted molar refractivity (Wildman–Crippen MR) is 77.3 cm³/mol. The van der Waals surface area contributed by atoms with Gasteiger partial charge in [-0.15, -0.1) is 0 Å². The van der Waals surface area contributed by atoms with Crippen molar-refractivity contribution in [2.45, 2.75) is 38.6 Å². The van der Waals surface area contributed by atoms with Crippen LogP contribution in [0.15, 0.2) is 6.07 Å². The van der Waals surface area contributed by atoms with E-state index < -0.39 is 0 Å². The number of hydrogen-bond donors (Lipinski definition) is 3. The molecule has 0 bridgehead atoms. The number of nitrogens with zero attached hydrogens (tertiary/aromatic N) is 3. The third-order valence-corrected chi connectivity index (χ3v) is 3.47. The monoisotopic (exact) mass is 265 g/mol. The van der Waals surface area contributed by atoms with Crippen molar-refractivity contribution < 1.29 is 5.11 Å².